The highest BCUT2D eigenvalue weighted by molar-refractivity contribution is 6.02. The minimum Gasteiger partial charge on any atom is -0.481 e. The molecule has 11 nitrogen and oxygen atoms in total. The summed E-state index contributed by atoms with van der Waals surface area (Å²) in [5.74, 6) is -6.77. The second-order valence-electron chi connectivity index (χ2n) is 17.7. The summed E-state index contributed by atoms with van der Waals surface area (Å²) in [6.07, 6.45) is 4.28. The van der Waals surface area contributed by atoms with E-state index in [2.05, 4.69) is 4.99 Å². The number of allylic oxidation sites excluding steroid dienone is 2. The van der Waals surface area contributed by atoms with Crippen LogP contribution >= 0.6 is 0 Å². The number of hydrogen-bond acceptors (Lipinski definition) is 8. The van der Waals surface area contributed by atoms with Crippen molar-refractivity contribution in [2.45, 2.75) is 98.5 Å². The fourth-order valence-electron chi connectivity index (χ4n) is 12.2. The standard InChI is InChI=1S/C42H55N3O8/c1-21(36(52)53)32(49)34(51)29-22(2)42(18-15-25(29)45-37(43)44)20-28(48)41(7)31-30(26(46)19-40(41,42)6)39(5)17-16-27(47)38(3,4)35(39)24(33(31)50)14-13-23-11-9-8-10-12-23/h8-15,18,21-22,24-25,28-29,33-35,48,50-51H,16-17,19-20H2,1-7H3,(H,52,53)(H4,43,44,45). The van der Waals surface area contributed by atoms with Crippen LogP contribution in [0.4, 0.5) is 0 Å². The number of fused-ring (bicyclic) bond motifs is 5. The van der Waals surface area contributed by atoms with E-state index in [0.29, 0.717) is 17.6 Å². The number of aliphatic carboxylic acids is 1. The van der Waals surface area contributed by atoms with E-state index in [4.69, 9.17) is 11.5 Å². The minimum absolute atomic E-state index is 0.00273. The van der Waals surface area contributed by atoms with Crippen LogP contribution in [0.5, 0.6) is 0 Å². The number of ketones is 3. The Labute approximate surface area is 311 Å². The maximum atomic E-state index is 15.0. The lowest BCUT2D eigenvalue weighted by atomic mass is 9.38. The number of aliphatic imine (C=N–C) groups is 1. The molecule has 286 valence electrons. The van der Waals surface area contributed by atoms with Gasteiger partial charge in [0.1, 0.15) is 17.8 Å². The van der Waals surface area contributed by atoms with Gasteiger partial charge in [0.25, 0.3) is 0 Å². The van der Waals surface area contributed by atoms with Crippen LogP contribution in [0, 0.1) is 56.7 Å². The Hall–Kier alpha value is -3.93. The number of benzene rings is 1. The number of aliphatic hydroxyl groups is 3. The Kier molecular flexibility index (Phi) is 9.40. The van der Waals surface area contributed by atoms with Crippen molar-refractivity contribution in [2.24, 2.45) is 73.1 Å². The summed E-state index contributed by atoms with van der Waals surface area (Å²) >= 11 is 0. The van der Waals surface area contributed by atoms with Gasteiger partial charge in [-0.25, -0.2) is 4.99 Å². The second-order valence-corrected chi connectivity index (χ2v) is 17.7. The van der Waals surface area contributed by atoms with Crippen LogP contribution in [0.25, 0.3) is 6.08 Å². The van der Waals surface area contributed by atoms with E-state index < -0.39 is 92.8 Å². The number of carboxylic acids is 1. The second kappa shape index (κ2) is 12.8. The minimum atomic E-state index is -1.78. The van der Waals surface area contributed by atoms with Crippen molar-refractivity contribution in [1.82, 2.24) is 0 Å². The predicted molar refractivity (Wildman–Crippen MR) is 200 cm³/mol. The largest absolute Gasteiger partial charge is 0.481 e. The SMILES string of the molecule is CC(C(=O)O)C(=O)C(O)C1C(N=C(N)N)C=CC2(CC(O)C3(C)C4=C(C(=O)CC23C)C2(C)CCC(=O)C(C)(C)C2C(C=Cc2ccccc2)C4O)C1C. The van der Waals surface area contributed by atoms with Gasteiger partial charge in [0, 0.05) is 51.9 Å². The van der Waals surface area contributed by atoms with Gasteiger partial charge in [0.05, 0.1) is 18.2 Å². The molecule has 6 rings (SSSR count). The van der Waals surface area contributed by atoms with Gasteiger partial charge in [0.2, 0.25) is 0 Å². The van der Waals surface area contributed by atoms with Crippen molar-refractivity contribution in [2.75, 3.05) is 0 Å². The maximum absolute atomic E-state index is 15.0. The molecule has 0 saturated heterocycles. The van der Waals surface area contributed by atoms with Crippen LogP contribution < -0.4 is 11.5 Å². The van der Waals surface area contributed by atoms with Crippen molar-refractivity contribution >= 4 is 35.4 Å². The topological polar surface area (TPSA) is 214 Å². The molecule has 0 aliphatic heterocycles. The molecule has 13 unspecified atom stereocenters. The van der Waals surface area contributed by atoms with E-state index >= 15 is 4.79 Å². The van der Waals surface area contributed by atoms with E-state index in [-0.39, 0.29) is 36.8 Å². The molecule has 2 saturated carbocycles. The third-order valence-electron chi connectivity index (χ3n) is 15.1. The molecule has 0 aromatic heterocycles. The molecule has 8 N–H and O–H groups in total. The van der Waals surface area contributed by atoms with Gasteiger partial charge < -0.3 is 31.9 Å². The number of aliphatic hydroxyl groups excluding tert-OH is 3. The van der Waals surface area contributed by atoms with E-state index in [1.54, 1.807) is 6.08 Å². The van der Waals surface area contributed by atoms with E-state index in [9.17, 15) is 34.8 Å². The van der Waals surface area contributed by atoms with Gasteiger partial charge in [-0.2, -0.15) is 0 Å². The number of carboxylic acid groups (broad SMARTS) is 1. The molecule has 1 aromatic carbocycles. The monoisotopic (exact) mass is 729 g/mol. The molecule has 5 aliphatic carbocycles. The first-order chi connectivity index (χ1) is 24.6. The van der Waals surface area contributed by atoms with E-state index in [1.165, 1.54) is 6.92 Å². The van der Waals surface area contributed by atoms with Crippen molar-refractivity contribution in [3.05, 3.63) is 65.3 Å². The smallest absolute Gasteiger partial charge is 0.313 e. The van der Waals surface area contributed by atoms with Gasteiger partial charge in [-0.05, 0) is 48.2 Å². The van der Waals surface area contributed by atoms with Gasteiger partial charge in [-0.3, -0.25) is 19.2 Å². The summed E-state index contributed by atoms with van der Waals surface area (Å²) in [7, 11) is 0. The molecule has 1 aromatic rings. The van der Waals surface area contributed by atoms with Crippen molar-refractivity contribution in [3.8, 4) is 0 Å². The normalized spacial score (nSPS) is 41.4. The van der Waals surface area contributed by atoms with Crippen LogP contribution in [-0.2, 0) is 19.2 Å². The number of rotatable bonds is 7. The van der Waals surface area contributed by atoms with Crippen LogP contribution in [0.15, 0.2) is 64.7 Å². The highest BCUT2D eigenvalue weighted by Gasteiger charge is 2.76. The zero-order chi connectivity index (χ0) is 39.2. The molecular formula is C42H55N3O8. The molecule has 0 bridgehead atoms. The Morgan fingerprint density at radius 2 is 1.68 bits per heavy atom. The highest BCUT2D eigenvalue weighted by atomic mass is 16.4. The molecule has 1 spiro atoms. The van der Waals surface area contributed by atoms with Crippen LogP contribution in [0.3, 0.4) is 0 Å². The van der Waals surface area contributed by atoms with Crippen molar-refractivity contribution in [3.63, 3.8) is 0 Å². The Balaban J connectivity index is 1.56. The Bertz CT molecular complexity index is 1850. The summed E-state index contributed by atoms with van der Waals surface area (Å²) in [5.41, 5.74) is 8.59. The maximum Gasteiger partial charge on any atom is 0.313 e. The number of nitrogens with zero attached hydrogens (tertiary/aromatic N) is 1. The number of carbonyl (C=O) groups is 4. The fourth-order valence-corrected chi connectivity index (χ4v) is 12.2. The summed E-state index contributed by atoms with van der Waals surface area (Å²) in [6, 6.07) is 8.79. The zero-order valence-corrected chi connectivity index (χ0v) is 31.7. The quantitative estimate of drug-likeness (QED) is 0.103. The molecule has 2 fully saturated rings. The molecule has 13 atom stereocenters. The third kappa shape index (κ3) is 5.28. The first-order valence-electron chi connectivity index (χ1n) is 18.8. The van der Waals surface area contributed by atoms with E-state index in [1.807, 2.05) is 90.1 Å². The first-order valence-corrected chi connectivity index (χ1v) is 18.8. The molecule has 0 heterocycles. The Morgan fingerprint density at radius 3 is 2.28 bits per heavy atom. The van der Waals surface area contributed by atoms with Crippen molar-refractivity contribution in [1.29, 1.82) is 0 Å². The lowest BCUT2D eigenvalue weighted by molar-refractivity contribution is -0.155. The summed E-state index contributed by atoms with van der Waals surface area (Å²) in [4.78, 5) is 58.3. The first kappa shape index (κ1) is 38.8. The Morgan fingerprint density at radius 1 is 1.04 bits per heavy atom. The third-order valence-corrected chi connectivity index (χ3v) is 15.1. The van der Waals surface area contributed by atoms with Gasteiger partial charge in [-0.1, -0.05) is 96.2 Å². The highest BCUT2D eigenvalue weighted by Crippen LogP contribution is 2.77. The average Bonchev–Trinajstić information content (AvgIpc) is 3.26. The molecular weight excluding hydrogens is 674 g/mol. The summed E-state index contributed by atoms with van der Waals surface area (Å²) < 4.78 is 0. The molecule has 11 heteroatoms. The lowest BCUT2D eigenvalue weighted by Crippen LogP contribution is -2.64. The summed E-state index contributed by atoms with van der Waals surface area (Å²) in [6.45, 7) is 12.8. The van der Waals surface area contributed by atoms with Gasteiger partial charge in [-0.15, -0.1) is 0 Å². The van der Waals surface area contributed by atoms with Crippen LogP contribution in [0.1, 0.15) is 79.7 Å². The van der Waals surface area contributed by atoms with Gasteiger partial charge in [0.15, 0.2) is 17.5 Å². The average molecular weight is 730 g/mol. The molecule has 53 heavy (non-hydrogen) atoms. The number of guanidine groups is 1. The van der Waals surface area contributed by atoms with E-state index in [0.717, 1.165) is 5.56 Å². The predicted octanol–water partition coefficient (Wildman–Crippen LogP) is 3.85. The number of carbonyl (C=O) groups excluding carboxylic acids is 3. The van der Waals surface area contributed by atoms with Gasteiger partial charge >= 0.3 is 5.97 Å². The zero-order valence-electron chi connectivity index (χ0n) is 31.7. The number of hydrogen-bond donors (Lipinski definition) is 6. The number of Topliss-reactive ketones (excluding diaryl/α,β-unsaturated/α-hetero) is 3. The fraction of sp³-hybridized carbons (Fsp3) is 0.595. The molecule has 0 radical (unpaired) electrons. The molecule has 0 amide bonds. The molecule has 5 aliphatic rings. The number of nitrogens with two attached hydrogens (primary N) is 2. The van der Waals surface area contributed by atoms with Crippen LogP contribution in [0.2, 0.25) is 0 Å². The lowest BCUT2D eigenvalue weighted by Gasteiger charge is -2.64. The summed E-state index contributed by atoms with van der Waals surface area (Å²) in [5, 5.41) is 46.6. The van der Waals surface area contributed by atoms with Crippen LogP contribution in [-0.4, -0.2) is 74.1 Å². The van der Waals surface area contributed by atoms with Crippen molar-refractivity contribution < 1.29 is 39.6 Å².